The van der Waals surface area contributed by atoms with Gasteiger partial charge in [0.15, 0.2) is 5.78 Å². The molecule has 0 radical (unpaired) electrons. The van der Waals surface area contributed by atoms with Gasteiger partial charge in [-0.25, -0.2) is 4.98 Å². The standard InChI is InChI=1S/C12H13BrN2OS2/c1-8-11(18-7-14-8)6-15(2)5-10(16)12-9(13)3-4-17-12/h3-4,7H,5-6H2,1-2H3. The molecule has 2 aromatic rings. The number of Topliss-reactive ketones (excluding diaryl/α,β-unsaturated/α-hetero) is 1. The van der Waals surface area contributed by atoms with E-state index in [2.05, 4.69) is 20.9 Å². The molecule has 0 aliphatic carbocycles. The van der Waals surface area contributed by atoms with E-state index in [0.29, 0.717) is 6.54 Å². The normalized spacial score (nSPS) is 11.1. The Morgan fingerprint density at radius 1 is 1.50 bits per heavy atom. The van der Waals surface area contributed by atoms with E-state index < -0.39 is 0 Å². The number of hydrogen-bond donors (Lipinski definition) is 0. The second-order valence-electron chi connectivity index (χ2n) is 4.05. The monoisotopic (exact) mass is 344 g/mol. The van der Waals surface area contributed by atoms with E-state index in [4.69, 9.17) is 0 Å². The Kier molecular flexibility index (Phi) is 4.66. The van der Waals surface area contributed by atoms with Gasteiger partial charge in [-0.2, -0.15) is 0 Å². The number of carbonyl (C=O) groups excluding carboxylic acids is 1. The number of hydrogen-bond acceptors (Lipinski definition) is 5. The van der Waals surface area contributed by atoms with E-state index in [1.165, 1.54) is 16.2 Å². The zero-order chi connectivity index (χ0) is 13.1. The summed E-state index contributed by atoms with van der Waals surface area (Å²) in [5.74, 6) is 0.154. The number of thiazole rings is 1. The van der Waals surface area contributed by atoms with E-state index >= 15 is 0 Å². The minimum absolute atomic E-state index is 0.154. The molecule has 2 aromatic heterocycles. The first-order valence-electron chi connectivity index (χ1n) is 5.41. The summed E-state index contributed by atoms with van der Waals surface area (Å²) in [6.45, 7) is 3.19. The molecule has 0 atom stereocenters. The lowest BCUT2D eigenvalue weighted by molar-refractivity contribution is 0.0946. The Bertz CT molecular complexity index is 550. The summed E-state index contributed by atoms with van der Waals surface area (Å²) in [4.78, 5) is 20.3. The summed E-state index contributed by atoms with van der Waals surface area (Å²) >= 11 is 6.50. The lowest BCUT2D eigenvalue weighted by atomic mass is 10.3. The third-order valence-electron chi connectivity index (χ3n) is 2.54. The van der Waals surface area contributed by atoms with E-state index in [-0.39, 0.29) is 5.78 Å². The largest absolute Gasteiger partial charge is 0.294 e. The Morgan fingerprint density at radius 2 is 2.28 bits per heavy atom. The minimum Gasteiger partial charge on any atom is -0.294 e. The number of thiophene rings is 1. The van der Waals surface area contributed by atoms with Crippen LogP contribution in [0.3, 0.4) is 0 Å². The maximum Gasteiger partial charge on any atom is 0.187 e. The second-order valence-corrected chi connectivity index (χ2v) is 6.76. The predicted octanol–water partition coefficient (Wildman–Crippen LogP) is 3.59. The van der Waals surface area contributed by atoms with Crippen molar-refractivity contribution < 1.29 is 4.79 Å². The van der Waals surface area contributed by atoms with Crippen molar-refractivity contribution in [3.05, 3.63) is 36.9 Å². The van der Waals surface area contributed by atoms with Gasteiger partial charge in [0.1, 0.15) is 0 Å². The molecule has 18 heavy (non-hydrogen) atoms. The van der Waals surface area contributed by atoms with Crippen LogP contribution in [-0.4, -0.2) is 29.3 Å². The molecule has 0 aliphatic rings. The average molecular weight is 345 g/mol. The number of aryl methyl sites for hydroxylation is 1. The predicted molar refractivity (Wildman–Crippen MR) is 79.5 cm³/mol. The SMILES string of the molecule is Cc1ncsc1CN(C)CC(=O)c1sccc1Br. The van der Waals surface area contributed by atoms with Crippen molar-refractivity contribution >= 4 is 44.4 Å². The van der Waals surface area contributed by atoms with Gasteiger partial charge in [0.25, 0.3) is 0 Å². The highest BCUT2D eigenvalue weighted by atomic mass is 79.9. The number of aromatic nitrogens is 1. The van der Waals surface area contributed by atoms with E-state index in [1.54, 1.807) is 11.3 Å². The van der Waals surface area contributed by atoms with Gasteiger partial charge in [0.2, 0.25) is 0 Å². The van der Waals surface area contributed by atoms with Gasteiger partial charge in [-0.1, -0.05) is 0 Å². The maximum atomic E-state index is 12.1. The zero-order valence-electron chi connectivity index (χ0n) is 10.1. The first kappa shape index (κ1) is 13.9. The van der Waals surface area contributed by atoms with Gasteiger partial charge in [-0.15, -0.1) is 22.7 Å². The van der Waals surface area contributed by atoms with Crippen molar-refractivity contribution in [1.82, 2.24) is 9.88 Å². The lowest BCUT2D eigenvalue weighted by Crippen LogP contribution is -2.25. The molecular formula is C12H13BrN2OS2. The fraction of sp³-hybridized carbons (Fsp3) is 0.333. The van der Waals surface area contributed by atoms with E-state index in [1.807, 2.05) is 35.8 Å². The van der Waals surface area contributed by atoms with Crippen LogP contribution in [0.5, 0.6) is 0 Å². The van der Waals surface area contributed by atoms with Crippen molar-refractivity contribution in [3.8, 4) is 0 Å². The van der Waals surface area contributed by atoms with Crippen molar-refractivity contribution in [2.75, 3.05) is 13.6 Å². The molecule has 6 heteroatoms. The molecule has 0 aromatic carbocycles. The smallest absolute Gasteiger partial charge is 0.187 e. The molecule has 0 bridgehead atoms. The lowest BCUT2D eigenvalue weighted by Gasteiger charge is -2.14. The quantitative estimate of drug-likeness (QED) is 0.777. The van der Waals surface area contributed by atoms with E-state index in [0.717, 1.165) is 21.6 Å². The first-order chi connectivity index (χ1) is 8.58. The maximum absolute atomic E-state index is 12.1. The molecule has 96 valence electrons. The average Bonchev–Trinajstić information content (AvgIpc) is 2.88. The van der Waals surface area contributed by atoms with Crippen LogP contribution in [0.1, 0.15) is 20.2 Å². The molecule has 0 saturated carbocycles. The summed E-state index contributed by atoms with van der Waals surface area (Å²) in [5, 5.41) is 1.92. The number of likely N-dealkylation sites (N-methyl/N-ethyl adjacent to an activating group) is 1. The van der Waals surface area contributed by atoms with Crippen LogP contribution in [0.4, 0.5) is 0 Å². The van der Waals surface area contributed by atoms with Crippen molar-refractivity contribution in [2.45, 2.75) is 13.5 Å². The molecule has 3 nitrogen and oxygen atoms in total. The topological polar surface area (TPSA) is 33.2 Å². The summed E-state index contributed by atoms with van der Waals surface area (Å²) in [5.41, 5.74) is 2.90. The number of nitrogens with zero attached hydrogens (tertiary/aromatic N) is 2. The molecule has 0 amide bonds. The van der Waals surface area contributed by atoms with Crippen LogP contribution >= 0.6 is 38.6 Å². The van der Waals surface area contributed by atoms with Crippen LogP contribution in [-0.2, 0) is 6.54 Å². The molecular weight excluding hydrogens is 332 g/mol. The summed E-state index contributed by atoms with van der Waals surface area (Å²) in [7, 11) is 1.96. The minimum atomic E-state index is 0.154. The number of halogens is 1. The summed E-state index contributed by atoms with van der Waals surface area (Å²) in [6, 6.07) is 1.91. The van der Waals surface area contributed by atoms with E-state index in [9.17, 15) is 4.79 Å². The Balaban J connectivity index is 1.96. The number of carbonyl (C=O) groups is 1. The fourth-order valence-corrected chi connectivity index (χ4v) is 3.97. The van der Waals surface area contributed by atoms with Crippen LogP contribution < -0.4 is 0 Å². The highest BCUT2D eigenvalue weighted by Crippen LogP contribution is 2.23. The Labute approximate surface area is 123 Å². The van der Waals surface area contributed by atoms with Gasteiger partial charge in [-0.3, -0.25) is 9.69 Å². The Morgan fingerprint density at radius 3 is 2.83 bits per heavy atom. The van der Waals surface area contributed by atoms with Crippen LogP contribution in [0.15, 0.2) is 21.4 Å². The second kappa shape index (κ2) is 6.06. The van der Waals surface area contributed by atoms with Crippen molar-refractivity contribution in [1.29, 1.82) is 0 Å². The van der Waals surface area contributed by atoms with Crippen LogP contribution in [0, 0.1) is 6.92 Å². The van der Waals surface area contributed by atoms with Gasteiger partial charge in [0.05, 0.1) is 22.6 Å². The molecule has 0 spiro atoms. The van der Waals surface area contributed by atoms with Gasteiger partial charge in [0, 0.05) is 15.9 Å². The highest BCUT2D eigenvalue weighted by Gasteiger charge is 2.15. The van der Waals surface area contributed by atoms with Crippen LogP contribution in [0.2, 0.25) is 0 Å². The van der Waals surface area contributed by atoms with Gasteiger partial charge in [-0.05, 0) is 41.3 Å². The third kappa shape index (κ3) is 3.26. The first-order valence-corrected chi connectivity index (χ1v) is 7.97. The summed E-state index contributed by atoms with van der Waals surface area (Å²) < 4.78 is 0.889. The molecule has 2 rings (SSSR count). The molecule has 2 heterocycles. The third-order valence-corrected chi connectivity index (χ3v) is 5.34. The molecule has 0 saturated heterocycles. The summed E-state index contributed by atoms with van der Waals surface area (Å²) in [6.07, 6.45) is 0. The number of rotatable bonds is 5. The van der Waals surface area contributed by atoms with Gasteiger partial charge < -0.3 is 0 Å². The van der Waals surface area contributed by atoms with Crippen LogP contribution in [0.25, 0.3) is 0 Å². The molecule has 0 unspecified atom stereocenters. The fourth-order valence-electron chi connectivity index (χ4n) is 1.59. The van der Waals surface area contributed by atoms with Crippen molar-refractivity contribution in [3.63, 3.8) is 0 Å². The number of ketones is 1. The van der Waals surface area contributed by atoms with Gasteiger partial charge >= 0.3 is 0 Å². The van der Waals surface area contributed by atoms with Crippen molar-refractivity contribution in [2.24, 2.45) is 0 Å². The highest BCUT2D eigenvalue weighted by molar-refractivity contribution is 9.10. The molecule has 0 aliphatic heterocycles. The molecule has 0 fully saturated rings. The Hall–Kier alpha value is -0.560. The molecule has 0 N–H and O–H groups in total. The zero-order valence-corrected chi connectivity index (χ0v) is 13.4.